The summed E-state index contributed by atoms with van der Waals surface area (Å²) in [6, 6.07) is 9.55. The van der Waals surface area contributed by atoms with Crippen LogP contribution < -0.4 is 0 Å². The standard InChI is InChI=1S/C15H17NO3/c1-11(2)8-14(17)16-13(10-19-15(16)18)9-12-6-4-3-5-7-12/h3-8,13H,9-10H2,1-2H3/t13-/m0/s1. The van der Waals surface area contributed by atoms with E-state index < -0.39 is 6.09 Å². The van der Waals surface area contributed by atoms with Crippen molar-refractivity contribution in [2.24, 2.45) is 0 Å². The lowest BCUT2D eigenvalue weighted by molar-refractivity contribution is -0.124. The summed E-state index contributed by atoms with van der Waals surface area (Å²) in [5.41, 5.74) is 1.95. The van der Waals surface area contributed by atoms with Gasteiger partial charge in [-0.2, -0.15) is 0 Å². The van der Waals surface area contributed by atoms with Gasteiger partial charge in [0.2, 0.25) is 0 Å². The molecule has 1 atom stereocenters. The van der Waals surface area contributed by atoms with Gasteiger partial charge in [0, 0.05) is 6.08 Å². The Morgan fingerprint density at radius 3 is 2.68 bits per heavy atom. The maximum atomic E-state index is 12.0. The van der Waals surface area contributed by atoms with Crippen molar-refractivity contribution in [2.75, 3.05) is 6.61 Å². The number of allylic oxidation sites excluding steroid dienone is 1. The van der Waals surface area contributed by atoms with Crippen LogP contribution >= 0.6 is 0 Å². The molecule has 0 aliphatic carbocycles. The molecule has 0 N–H and O–H groups in total. The van der Waals surface area contributed by atoms with Crippen molar-refractivity contribution >= 4 is 12.0 Å². The monoisotopic (exact) mass is 259 g/mol. The Kier molecular flexibility index (Phi) is 4.00. The van der Waals surface area contributed by atoms with Gasteiger partial charge in [0.15, 0.2) is 0 Å². The van der Waals surface area contributed by atoms with Crippen LogP contribution in [0.15, 0.2) is 42.0 Å². The van der Waals surface area contributed by atoms with Gasteiger partial charge in [-0.1, -0.05) is 35.9 Å². The van der Waals surface area contributed by atoms with Crippen LogP contribution in [0.5, 0.6) is 0 Å². The number of cyclic esters (lactones) is 1. The van der Waals surface area contributed by atoms with Crippen molar-refractivity contribution < 1.29 is 14.3 Å². The largest absolute Gasteiger partial charge is 0.447 e. The van der Waals surface area contributed by atoms with E-state index in [1.54, 1.807) is 0 Å². The van der Waals surface area contributed by atoms with Gasteiger partial charge in [-0.3, -0.25) is 4.79 Å². The summed E-state index contributed by atoms with van der Waals surface area (Å²) in [7, 11) is 0. The third kappa shape index (κ3) is 3.22. The summed E-state index contributed by atoms with van der Waals surface area (Å²) < 4.78 is 4.99. The second-order valence-corrected chi connectivity index (χ2v) is 4.85. The van der Waals surface area contributed by atoms with E-state index in [4.69, 9.17) is 4.74 Å². The molecule has 1 aromatic carbocycles. The number of carbonyl (C=O) groups excluding carboxylic acids is 2. The molecule has 100 valence electrons. The molecule has 1 aliphatic rings. The van der Waals surface area contributed by atoms with Crippen LogP contribution in [-0.4, -0.2) is 29.5 Å². The Morgan fingerprint density at radius 2 is 2.05 bits per heavy atom. The summed E-state index contributed by atoms with van der Waals surface area (Å²) in [5.74, 6) is -0.302. The Labute approximate surface area is 112 Å². The lowest BCUT2D eigenvalue weighted by atomic mass is 10.1. The van der Waals surface area contributed by atoms with E-state index >= 15 is 0 Å². The molecule has 0 radical (unpaired) electrons. The van der Waals surface area contributed by atoms with Gasteiger partial charge >= 0.3 is 6.09 Å². The molecule has 2 amide bonds. The SMILES string of the molecule is CC(C)=CC(=O)N1C(=O)OC[C@@H]1Cc1ccccc1. The number of nitrogens with zero attached hydrogens (tertiary/aromatic N) is 1. The molecule has 1 aromatic rings. The number of rotatable bonds is 3. The smallest absolute Gasteiger partial charge is 0.417 e. The minimum absolute atomic E-state index is 0.224. The Morgan fingerprint density at radius 1 is 1.37 bits per heavy atom. The number of ether oxygens (including phenoxy) is 1. The highest BCUT2D eigenvalue weighted by molar-refractivity contribution is 6.00. The van der Waals surface area contributed by atoms with Crippen molar-refractivity contribution in [3.8, 4) is 0 Å². The van der Waals surface area contributed by atoms with E-state index in [1.165, 1.54) is 11.0 Å². The number of hydrogen-bond donors (Lipinski definition) is 0. The van der Waals surface area contributed by atoms with E-state index in [-0.39, 0.29) is 18.6 Å². The second-order valence-electron chi connectivity index (χ2n) is 4.85. The molecule has 4 heteroatoms. The van der Waals surface area contributed by atoms with E-state index in [0.717, 1.165) is 11.1 Å². The number of amides is 2. The van der Waals surface area contributed by atoms with Gasteiger partial charge in [-0.25, -0.2) is 9.69 Å². The minimum atomic E-state index is -0.552. The molecule has 0 bridgehead atoms. The van der Waals surface area contributed by atoms with Crippen molar-refractivity contribution in [3.63, 3.8) is 0 Å². The zero-order valence-electron chi connectivity index (χ0n) is 11.1. The fourth-order valence-electron chi connectivity index (χ4n) is 2.08. The molecule has 0 aromatic heterocycles. The highest BCUT2D eigenvalue weighted by Crippen LogP contribution is 2.18. The molecule has 1 fully saturated rings. The van der Waals surface area contributed by atoms with Gasteiger partial charge in [0.25, 0.3) is 5.91 Å². The Hall–Kier alpha value is -2.10. The summed E-state index contributed by atoms with van der Waals surface area (Å²) in [5, 5.41) is 0. The third-order valence-corrected chi connectivity index (χ3v) is 2.92. The number of benzene rings is 1. The summed E-state index contributed by atoms with van der Waals surface area (Å²) in [4.78, 5) is 24.9. The van der Waals surface area contributed by atoms with Gasteiger partial charge in [0.05, 0.1) is 6.04 Å². The molecule has 19 heavy (non-hydrogen) atoms. The van der Waals surface area contributed by atoms with E-state index in [2.05, 4.69) is 0 Å². The zero-order chi connectivity index (χ0) is 13.8. The van der Waals surface area contributed by atoms with Gasteiger partial charge < -0.3 is 4.74 Å². The normalized spacial score (nSPS) is 18.1. The molecule has 1 heterocycles. The molecule has 0 unspecified atom stereocenters. The minimum Gasteiger partial charge on any atom is -0.447 e. The van der Waals surface area contributed by atoms with E-state index in [0.29, 0.717) is 6.42 Å². The topological polar surface area (TPSA) is 46.6 Å². The lowest BCUT2D eigenvalue weighted by Gasteiger charge is -2.18. The summed E-state index contributed by atoms with van der Waals surface area (Å²) >= 11 is 0. The predicted octanol–water partition coefficient (Wildman–Crippen LogP) is 2.54. The molecule has 0 saturated carbocycles. The molecule has 1 saturated heterocycles. The van der Waals surface area contributed by atoms with Crippen molar-refractivity contribution in [1.29, 1.82) is 0 Å². The van der Waals surface area contributed by atoms with Crippen LogP contribution in [0, 0.1) is 0 Å². The van der Waals surface area contributed by atoms with Crippen LogP contribution in [0.25, 0.3) is 0 Å². The highest BCUT2D eigenvalue weighted by atomic mass is 16.6. The summed E-state index contributed by atoms with van der Waals surface area (Å²) in [6.45, 7) is 3.91. The number of hydrogen-bond acceptors (Lipinski definition) is 3. The first-order chi connectivity index (χ1) is 9.08. The molecular formula is C15H17NO3. The number of carbonyl (C=O) groups is 2. The van der Waals surface area contributed by atoms with Gasteiger partial charge in [-0.15, -0.1) is 0 Å². The Balaban J connectivity index is 2.14. The van der Waals surface area contributed by atoms with Crippen LogP contribution in [-0.2, 0) is 16.0 Å². The first kappa shape index (κ1) is 13.3. The number of imide groups is 1. The molecular weight excluding hydrogens is 242 g/mol. The van der Waals surface area contributed by atoms with Crippen LogP contribution in [0.1, 0.15) is 19.4 Å². The van der Waals surface area contributed by atoms with Crippen LogP contribution in [0.4, 0.5) is 4.79 Å². The average Bonchev–Trinajstić information content (AvgIpc) is 2.71. The van der Waals surface area contributed by atoms with E-state index in [9.17, 15) is 9.59 Å². The third-order valence-electron chi connectivity index (χ3n) is 2.92. The Bertz CT molecular complexity index is 503. The molecule has 0 spiro atoms. The van der Waals surface area contributed by atoms with Crippen molar-refractivity contribution in [1.82, 2.24) is 4.90 Å². The first-order valence-electron chi connectivity index (χ1n) is 6.26. The lowest BCUT2D eigenvalue weighted by Crippen LogP contribution is -2.39. The molecule has 2 rings (SSSR count). The quantitative estimate of drug-likeness (QED) is 0.784. The van der Waals surface area contributed by atoms with E-state index in [1.807, 2.05) is 44.2 Å². The van der Waals surface area contributed by atoms with Gasteiger partial charge in [-0.05, 0) is 25.8 Å². The predicted molar refractivity (Wildman–Crippen MR) is 71.6 cm³/mol. The fraction of sp³-hybridized carbons (Fsp3) is 0.333. The second kappa shape index (κ2) is 5.69. The highest BCUT2D eigenvalue weighted by Gasteiger charge is 2.36. The average molecular weight is 259 g/mol. The molecule has 4 nitrogen and oxygen atoms in total. The zero-order valence-corrected chi connectivity index (χ0v) is 11.1. The van der Waals surface area contributed by atoms with Crippen LogP contribution in [0.3, 0.4) is 0 Å². The van der Waals surface area contributed by atoms with Crippen molar-refractivity contribution in [2.45, 2.75) is 26.3 Å². The first-order valence-corrected chi connectivity index (χ1v) is 6.26. The maximum absolute atomic E-state index is 12.0. The van der Waals surface area contributed by atoms with Gasteiger partial charge in [0.1, 0.15) is 6.61 Å². The van der Waals surface area contributed by atoms with Crippen LogP contribution in [0.2, 0.25) is 0 Å². The van der Waals surface area contributed by atoms with Crippen molar-refractivity contribution in [3.05, 3.63) is 47.5 Å². The maximum Gasteiger partial charge on any atom is 0.417 e. The fourth-order valence-corrected chi connectivity index (χ4v) is 2.08. The molecule has 1 aliphatic heterocycles. The summed E-state index contributed by atoms with van der Waals surface area (Å²) in [6.07, 6.45) is 1.53.